The Kier molecular flexibility index (Phi) is 5.96. The van der Waals surface area contributed by atoms with Crippen LogP contribution in [0.15, 0.2) is 18.3 Å². The van der Waals surface area contributed by atoms with E-state index in [1.807, 2.05) is 13.8 Å². The first-order valence-electron chi connectivity index (χ1n) is 6.66. The summed E-state index contributed by atoms with van der Waals surface area (Å²) in [5.74, 6) is 0.501. The Bertz CT molecular complexity index is 474. The lowest BCUT2D eigenvalue weighted by atomic mass is 10.2. The number of hydrogen-bond donors (Lipinski definition) is 3. The molecular weight excluding hydrogens is 256 g/mol. The van der Waals surface area contributed by atoms with Gasteiger partial charge in [0.1, 0.15) is 11.9 Å². The molecule has 0 aliphatic rings. The number of pyridine rings is 1. The summed E-state index contributed by atoms with van der Waals surface area (Å²) in [5, 5.41) is 8.31. The van der Waals surface area contributed by atoms with Crippen molar-refractivity contribution < 1.29 is 9.59 Å². The third kappa shape index (κ3) is 4.87. The fourth-order valence-electron chi connectivity index (χ4n) is 1.51. The molecule has 1 aromatic rings. The third-order valence-electron chi connectivity index (χ3n) is 2.70. The predicted molar refractivity (Wildman–Crippen MR) is 78.6 cm³/mol. The predicted octanol–water partition coefficient (Wildman–Crippen LogP) is 1.01. The summed E-state index contributed by atoms with van der Waals surface area (Å²) < 4.78 is 0. The van der Waals surface area contributed by atoms with E-state index in [0.717, 1.165) is 0 Å². The number of carbonyl (C=O) groups is 2. The maximum absolute atomic E-state index is 12.0. The van der Waals surface area contributed by atoms with Gasteiger partial charge < -0.3 is 16.0 Å². The Hall–Kier alpha value is -2.11. The molecule has 1 heterocycles. The molecule has 3 N–H and O–H groups in total. The fraction of sp³-hybridized carbons (Fsp3) is 0.500. The number of hydrogen-bond acceptors (Lipinski definition) is 4. The summed E-state index contributed by atoms with van der Waals surface area (Å²) in [6.07, 6.45) is 1.55. The molecule has 1 unspecified atom stereocenters. The molecule has 110 valence electrons. The Balaban J connectivity index is 2.58. The van der Waals surface area contributed by atoms with Crippen LogP contribution in [0.1, 0.15) is 31.1 Å². The molecule has 0 spiro atoms. The molecule has 1 atom stereocenters. The molecular formula is C14H22N4O2. The molecule has 1 rings (SSSR count). The Morgan fingerprint density at radius 2 is 2.00 bits per heavy atom. The minimum atomic E-state index is -0.576. The standard InChI is InChI=1S/C14H22N4O2/c1-9(2)8-17-13(19)10(3)18-14(20)11-5-6-16-12(7-11)15-4/h5-7,9-10H,8H2,1-4H3,(H,15,16)(H,17,19)(H,18,20). The lowest BCUT2D eigenvalue weighted by Crippen LogP contribution is -2.45. The lowest BCUT2D eigenvalue weighted by Gasteiger charge is -2.15. The van der Waals surface area contributed by atoms with Crippen molar-refractivity contribution in [1.29, 1.82) is 0 Å². The molecule has 20 heavy (non-hydrogen) atoms. The second-order valence-electron chi connectivity index (χ2n) is 5.01. The van der Waals surface area contributed by atoms with E-state index in [-0.39, 0.29) is 11.8 Å². The van der Waals surface area contributed by atoms with E-state index >= 15 is 0 Å². The maximum atomic E-state index is 12.0. The number of nitrogens with zero attached hydrogens (tertiary/aromatic N) is 1. The highest BCUT2D eigenvalue weighted by molar-refractivity contribution is 5.97. The normalized spacial score (nSPS) is 11.8. The van der Waals surface area contributed by atoms with Crippen LogP contribution in [0.3, 0.4) is 0 Å². The SMILES string of the molecule is CNc1cc(C(=O)NC(C)C(=O)NCC(C)C)ccn1. The monoisotopic (exact) mass is 278 g/mol. The van der Waals surface area contributed by atoms with E-state index < -0.39 is 6.04 Å². The van der Waals surface area contributed by atoms with Gasteiger partial charge in [-0.1, -0.05) is 13.8 Å². The van der Waals surface area contributed by atoms with Gasteiger partial charge in [0.25, 0.3) is 5.91 Å². The van der Waals surface area contributed by atoms with Gasteiger partial charge in [0.05, 0.1) is 0 Å². The zero-order valence-corrected chi connectivity index (χ0v) is 12.4. The average Bonchev–Trinajstić information content (AvgIpc) is 2.44. The molecule has 2 amide bonds. The first kappa shape index (κ1) is 15.9. The molecule has 6 heteroatoms. The van der Waals surface area contributed by atoms with Gasteiger partial charge in [-0.2, -0.15) is 0 Å². The van der Waals surface area contributed by atoms with Gasteiger partial charge in [0, 0.05) is 25.4 Å². The van der Waals surface area contributed by atoms with E-state index in [0.29, 0.717) is 23.8 Å². The van der Waals surface area contributed by atoms with Crippen molar-refractivity contribution in [2.24, 2.45) is 5.92 Å². The molecule has 1 aromatic heterocycles. The number of anilines is 1. The van der Waals surface area contributed by atoms with Crippen molar-refractivity contribution in [2.75, 3.05) is 18.9 Å². The second-order valence-corrected chi connectivity index (χ2v) is 5.01. The largest absolute Gasteiger partial charge is 0.373 e. The summed E-state index contributed by atoms with van der Waals surface area (Å²) in [6, 6.07) is 2.66. The van der Waals surface area contributed by atoms with Crippen molar-refractivity contribution in [1.82, 2.24) is 15.6 Å². The fourth-order valence-corrected chi connectivity index (χ4v) is 1.51. The van der Waals surface area contributed by atoms with Crippen LogP contribution in [0.2, 0.25) is 0 Å². The van der Waals surface area contributed by atoms with Crippen molar-refractivity contribution in [3.05, 3.63) is 23.9 Å². The quantitative estimate of drug-likeness (QED) is 0.725. The zero-order chi connectivity index (χ0) is 15.1. The number of rotatable bonds is 6. The van der Waals surface area contributed by atoms with Crippen molar-refractivity contribution in [2.45, 2.75) is 26.8 Å². The number of amides is 2. The van der Waals surface area contributed by atoms with Gasteiger partial charge in [-0.3, -0.25) is 9.59 Å². The summed E-state index contributed by atoms with van der Waals surface area (Å²) in [5.41, 5.74) is 0.466. The minimum Gasteiger partial charge on any atom is -0.373 e. The summed E-state index contributed by atoms with van der Waals surface area (Å²) in [4.78, 5) is 27.8. The van der Waals surface area contributed by atoms with E-state index in [1.54, 1.807) is 32.3 Å². The van der Waals surface area contributed by atoms with Gasteiger partial charge in [-0.05, 0) is 25.0 Å². The molecule has 6 nitrogen and oxygen atoms in total. The third-order valence-corrected chi connectivity index (χ3v) is 2.70. The average molecular weight is 278 g/mol. The van der Waals surface area contributed by atoms with Crippen LogP contribution in [-0.2, 0) is 4.79 Å². The van der Waals surface area contributed by atoms with Crippen LogP contribution in [0, 0.1) is 5.92 Å². The van der Waals surface area contributed by atoms with Gasteiger partial charge in [-0.15, -0.1) is 0 Å². The Labute approximate surface area is 119 Å². The molecule has 0 bridgehead atoms. The lowest BCUT2D eigenvalue weighted by molar-refractivity contribution is -0.122. The van der Waals surface area contributed by atoms with Crippen LogP contribution in [0.4, 0.5) is 5.82 Å². The molecule has 0 radical (unpaired) electrons. The highest BCUT2D eigenvalue weighted by atomic mass is 16.2. The molecule has 0 fully saturated rings. The van der Waals surface area contributed by atoms with Gasteiger partial charge in [0.15, 0.2) is 0 Å². The summed E-state index contributed by atoms with van der Waals surface area (Å²) in [6.45, 7) is 6.28. The van der Waals surface area contributed by atoms with Crippen LogP contribution < -0.4 is 16.0 Å². The molecule has 0 aliphatic carbocycles. The molecule has 0 saturated heterocycles. The first-order chi connectivity index (χ1) is 9.43. The summed E-state index contributed by atoms with van der Waals surface area (Å²) in [7, 11) is 1.73. The van der Waals surface area contributed by atoms with Crippen LogP contribution in [-0.4, -0.2) is 36.4 Å². The first-order valence-corrected chi connectivity index (χ1v) is 6.66. The van der Waals surface area contributed by atoms with Crippen LogP contribution in [0.25, 0.3) is 0 Å². The number of carbonyl (C=O) groups excluding carboxylic acids is 2. The van der Waals surface area contributed by atoms with E-state index in [4.69, 9.17) is 0 Å². The van der Waals surface area contributed by atoms with Crippen molar-refractivity contribution in [3.63, 3.8) is 0 Å². The zero-order valence-electron chi connectivity index (χ0n) is 12.4. The Morgan fingerprint density at radius 3 is 2.60 bits per heavy atom. The van der Waals surface area contributed by atoms with Crippen LogP contribution in [0.5, 0.6) is 0 Å². The van der Waals surface area contributed by atoms with Gasteiger partial charge >= 0.3 is 0 Å². The van der Waals surface area contributed by atoms with Gasteiger partial charge in [0.2, 0.25) is 5.91 Å². The maximum Gasteiger partial charge on any atom is 0.252 e. The second kappa shape index (κ2) is 7.47. The van der Waals surface area contributed by atoms with Crippen LogP contribution >= 0.6 is 0 Å². The Morgan fingerprint density at radius 1 is 1.30 bits per heavy atom. The van der Waals surface area contributed by atoms with Crippen molar-refractivity contribution >= 4 is 17.6 Å². The topological polar surface area (TPSA) is 83.1 Å². The summed E-state index contributed by atoms with van der Waals surface area (Å²) >= 11 is 0. The van der Waals surface area contributed by atoms with Gasteiger partial charge in [-0.25, -0.2) is 4.98 Å². The molecule has 0 aromatic carbocycles. The van der Waals surface area contributed by atoms with E-state index in [2.05, 4.69) is 20.9 Å². The van der Waals surface area contributed by atoms with E-state index in [9.17, 15) is 9.59 Å². The minimum absolute atomic E-state index is 0.185. The number of aromatic nitrogens is 1. The van der Waals surface area contributed by atoms with E-state index in [1.165, 1.54) is 0 Å². The van der Waals surface area contributed by atoms with Crippen molar-refractivity contribution in [3.8, 4) is 0 Å². The number of nitrogens with one attached hydrogen (secondary N) is 3. The highest BCUT2D eigenvalue weighted by Crippen LogP contribution is 2.06. The molecule has 0 aliphatic heterocycles. The smallest absolute Gasteiger partial charge is 0.252 e. The molecule has 0 saturated carbocycles. The highest BCUT2D eigenvalue weighted by Gasteiger charge is 2.16.